The third-order valence-electron chi connectivity index (χ3n) is 2.96. The van der Waals surface area contributed by atoms with Gasteiger partial charge in [-0.2, -0.15) is 18.4 Å². The van der Waals surface area contributed by atoms with Crippen molar-refractivity contribution in [3.63, 3.8) is 0 Å². The molecule has 8 heteroatoms. The number of pyridine rings is 1. The van der Waals surface area contributed by atoms with Gasteiger partial charge in [0.15, 0.2) is 9.84 Å². The number of aromatic nitrogens is 1. The molecule has 0 aliphatic rings. The number of hydrogen-bond acceptors (Lipinski definition) is 4. The summed E-state index contributed by atoms with van der Waals surface area (Å²) in [5.74, 6) is -0.923. The highest BCUT2D eigenvalue weighted by molar-refractivity contribution is 7.89. The molecule has 2 rings (SSSR count). The SMILES string of the molecule is N#Cc1ccc(CS(=O)(=O)Cc2cccc(C(F)(F)F)c2)nc1. The van der Waals surface area contributed by atoms with Gasteiger partial charge in [0, 0.05) is 6.20 Å². The summed E-state index contributed by atoms with van der Waals surface area (Å²) < 4.78 is 62.1. The Kier molecular flexibility index (Phi) is 4.71. The summed E-state index contributed by atoms with van der Waals surface area (Å²) in [6, 6.07) is 8.91. The van der Waals surface area contributed by atoms with Crippen LogP contribution >= 0.6 is 0 Å². The van der Waals surface area contributed by atoms with Crippen LogP contribution in [0.5, 0.6) is 0 Å². The highest BCUT2D eigenvalue weighted by Gasteiger charge is 2.30. The van der Waals surface area contributed by atoms with Crippen LogP contribution in [0.25, 0.3) is 0 Å². The molecular formula is C15H11F3N2O2S. The average molecular weight is 340 g/mol. The first kappa shape index (κ1) is 17.0. The zero-order valence-electron chi connectivity index (χ0n) is 11.7. The van der Waals surface area contributed by atoms with Crippen molar-refractivity contribution in [1.82, 2.24) is 4.98 Å². The van der Waals surface area contributed by atoms with Gasteiger partial charge in [-0.1, -0.05) is 18.2 Å². The van der Waals surface area contributed by atoms with Crippen molar-refractivity contribution in [1.29, 1.82) is 5.26 Å². The van der Waals surface area contributed by atoms with Crippen LogP contribution in [0.1, 0.15) is 22.4 Å². The summed E-state index contributed by atoms with van der Waals surface area (Å²) in [4.78, 5) is 3.85. The molecular weight excluding hydrogens is 329 g/mol. The second-order valence-electron chi connectivity index (χ2n) is 4.88. The number of nitrogens with zero attached hydrogens (tertiary/aromatic N) is 2. The minimum absolute atomic E-state index is 0.0634. The number of rotatable bonds is 4. The number of hydrogen-bond donors (Lipinski definition) is 0. The largest absolute Gasteiger partial charge is 0.416 e. The Morgan fingerprint density at radius 2 is 1.87 bits per heavy atom. The van der Waals surface area contributed by atoms with Crippen molar-refractivity contribution in [3.05, 3.63) is 65.0 Å². The van der Waals surface area contributed by atoms with Crippen molar-refractivity contribution in [3.8, 4) is 6.07 Å². The van der Waals surface area contributed by atoms with E-state index in [4.69, 9.17) is 5.26 Å². The van der Waals surface area contributed by atoms with E-state index in [-0.39, 0.29) is 11.3 Å². The molecule has 0 saturated carbocycles. The molecule has 120 valence electrons. The zero-order chi connectivity index (χ0) is 17.1. The molecule has 0 N–H and O–H groups in total. The highest BCUT2D eigenvalue weighted by atomic mass is 32.2. The van der Waals surface area contributed by atoms with E-state index in [1.54, 1.807) is 0 Å². The van der Waals surface area contributed by atoms with E-state index in [2.05, 4.69) is 4.98 Å². The zero-order valence-corrected chi connectivity index (χ0v) is 12.5. The summed E-state index contributed by atoms with van der Waals surface area (Å²) >= 11 is 0. The normalized spacial score (nSPS) is 11.9. The first-order chi connectivity index (χ1) is 10.7. The summed E-state index contributed by atoms with van der Waals surface area (Å²) in [5, 5.41) is 8.65. The fourth-order valence-electron chi connectivity index (χ4n) is 1.94. The number of nitriles is 1. The summed E-state index contributed by atoms with van der Waals surface area (Å²) in [5.41, 5.74) is -0.296. The Morgan fingerprint density at radius 3 is 2.43 bits per heavy atom. The standard InChI is InChI=1S/C15H11F3N2O2S/c16-15(17,18)13-3-1-2-11(6-13)9-23(21,22)10-14-5-4-12(7-19)8-20-14/h1-6,8H,9-10H2. The smallest absolute Gasteiger partial charge is 0.259 e. The van der Waals surface area contributed by atoms with Gasteiger partial charge in [-0.25, -0.2) is 8.42 Å². The van der Waals surface area contributed by atoms with Gasteiger partial charge in [0.2, 0.25) is 0 Å². The van der Waals surface area contributed by atoms with Gasteiger partial charge >= 0.3 is 6.18 Å². The van der Waals surface area contributed by atoms with E-state index in [0.717, 1.165) is 12.1 Å². The van der Waals surface area contributed by atoms with Crippen molar-refractivity contribution in [2.24, 2.45) is 0 Å². The van der Waals surface area contributed by atoms with Crippen LogP contribution in [-0.4, -0.2) is 13.4 Å². The topological polar surface area (TPSA) is 70.8 Å². The lowest BCUT2D eigenvalue weighted by atomic mass is 10.1. The molecule has 4 nitrogen and oxygen atoms in total. The van der Waals surface area contributed by atoms with Gasteiger partial charge in [-0.15, -0.1) is 0 Å². The quantitative estimate of drug-likeness (QED) is 0.857. The molecule has 23 heavy (non-hydrogen) atoms. The maximum atomic E-state index is 12.6. The molecule has 0 amide bonds. The van der Waals surface area contributed by atoms with Crippen molar-refractivity contribution in [2.75, 3.05) is 0 Å². The molecule has 0 unspecified atom stereocenters. The van der Waals surface area contributed by atoms with Crippen LogP contribution in [-0.2, 0) is 27.5 Å². The fraction of sp³-hybridized carbons (Fsp3) is 0.200. The lowest BCUT2D eigenvalue weighted by Crippen LogP contribution is -2.10. The Bertz CT molecular complexity index is 838. The molecule has 0 radical (unpaired) electrons. The minimum Gasteiger partial charge on any atom is -0.259 e. The number of benzene rings is 1. The van der Waals surface area contributed by atoms with E-state index < -0.39 is 33.1 Å². The van der Waals surface area contributed by atoms with Crippen molar-refractivity contribution >= 4 is 9.84 Å². The molecule has 0 spiro atoms. The van der Waals surface area contributed by atoms with Gasteiger partial charge in [-0.3, -0.25) is 4.98 Å². The molecule has 0 bridgehead atoms. The predicted molar refractivity (Wildman–Crippen MR) is 76.7 cm³/mol. The van der Waals surface area contributed by atoms with Gasteiger partial charge in [-0.05, 0) is 23.8 Å². The van der Waals surface area contributed by atoms with Crippen molar-refractivity contribution in [2.45, 2.75) is 17.7 Å². The molecule has 0 atom stereocenters. The van der Waals surface area contributed by atoms with Crippen LogP contribution in [0.3, 0.4) is 0 Å². The van der Waals surface area contributed by atoms with Crippen LogP contribution in [0.4, 0.5) is 13.2 Å². The number of halogens is 3. The third-order valence-corrected chi connectivity index (χ3v) is 4.47. The second kappa shape index (κ2) is 6.38. The summed E-state index contributed by atoms with van der Waals surface area (Å²) in [6.45, 7) is 0. The first-order valence-corrected chi connectivity index (χ1v) is 8.23. The molecule has 2 aromatic rings. The van der Waals surface area contributed by atoms with Crippen LogP contribution in [0, 0.1) is 11.3 Å². The van der Waals surface area contributed by atoms with Crippen LogP contribution < -0.4 is 0 Å². The van der Waals surface area contributed by atoms with Gasteiger partial charge in [0.25, 0.3) is 0 Å². The molecule has 0 aliphatic heterocycles. The lowest BCUT2D eigenvalue weighted by molar-refractivity contribution is -0.137. The number of sulfone groups is 1. The first-order valence-electron chi connectivity index (χ1n) is 6.41. The maximum Gasteiger partial charge on any atom is 0.416 e. The predicted octanol–water partition coefficient (Wildman–Crippen LogP) is 3.09. The molecule has 0 saturated heterocycles. The Morgan fingerprint density at radius 1 is 1.13 bits per heavy atom. The monoisotopic (exact) mass is 340 g/mol. The van der Waals surface area contributed by atoms with E-state index in [0.29, 0.717) is 5.56 Å². The van der Waals surface area contributed by atoms with Gasteiger partial charge in [0.05, 0.1) is 28.3 Å². The lowest BCUT2D eigenvalue weighted by Gasteiger charge is -2.09. The molecule has 0 fully saturated rings. The van der Waals surface area contributed by atoms with Gasteiger partial charge in [0.1, 0.15) is 6.07 Å². The third kappa shape index (κ3) is 4.79. The summed E-state index contributed by atoms with van der Waals surface area (Å²) in [7, 11) is -3.68. The van der Waals surface area contributed by atoms with Crippen LogP contribution in [0.15, 0.2) is 42.6 Å². The molecule has 1 aromatic heterocycles. The fourth-order valence-corrected chi connectivity index (χ4v) is 3.35. The van der Waals surface area contributed by atoms with E-state index in [1.165, 1.54) is 30.5 Å². The molecule has 0 aliphatic carbocycles. The second-order valence-corrected chi connectivity index (χ2v) is 6.94. The van der Waals surface area contributed by atoms with Gasteiger partial charge < -0.3 is 0 Å². The van der Waals surface area contributed by atoms with E-state index in [9.17, 15) is 21.6 Å². The Labute approximate surface area is 131 Å². The summed E-state index contributed by atoms with van der Waals surface area (Å²) in [6.07, 6.45) is -3.27. The maximum absolute atomic E-state index is 12.6. The van der Waals surface area contributed by atoms with Crippen LogP contribution in [0.2, 0.25) is 0 Å². The van der Waals surface area contributed by atoms with E-state index in [1.807, 2.05) is 6.07 Å². The highest BCUT2D eigenvalue weighted by Crippen LogP contribution is 2.30. The molecule has 1 aromatic carbocycles. The van der Waals surface area contributed by atoms with Crippen molar-refractivity contribution < 1.29 is 21.6 Å². The number of alkyl halides is 3. The Balaban J connectivity index is 2.16. The average Bonchev–Trinajstić information content (AvgIpc) is 2.46. The van der Waals surface area contributed by atoms with E-state index >= 15 is 0 Å². The minimum atomic E-state index is -4.52. The molecule has 1 heterocycles. The Hall–Kier alpha value is -2.40.